The predicted molar refractivity (Wildman–Crippen MR) is 124 cm³/mol. The molecule has 0 radical (unpaired) electrons. The third-order valence-corrected chi connectivity index (χ3v) is 8.02. The van der Waals surface area contributed by atoms with Crippen LogP contribution in [0.4, 0.5) is 14.9 Å². The molecular formula is C25H35FN4O3. The van der Waals surface area contributed by atoms with Crippen molar-refractivity contribution >= 4 is 17.7 Å². The Hall–Kier alpha value is -2.35. The SMILES string of the molecule is O=C(N1CCCC1)N1CCC2(CC1)CC(CCN1CCN(c3ccc(F)cc3)CC1)OC2=O. The normalized spacial score (nSPS) is 25.7. The fourth-order valence-corrected chi connectivity index (χ4v) is 5.85. The quantitative estimate of drug-likeness (QED) is 0.650. The molecule has 8 heteroatoms. The van der Waals surface area contributed by atoms with Crippen LogP contribution >= 0.6 is 0 Å². The molecule has 0 aromatic heterocycles. The van der Waals surface area contributed by atoms with Gasteiger partial charge in [0.15, 0.2) is 0 Å². The lowest BCUT2D eigenvalue weighted by Gasteiger charge is -2.38. The van der Waals surface area contributed by atoms with Crippen molar-refractivity contribution in [3.63, 3.8) is 0 Å². The van der Waals surface area contributed by atoms with Gasteiger partial charge in [0.05, 0.1) is 5.41 Å². The minimum atomic E-state index is -0.395. The molecule has 0 aliphatic carbocycles. The summed E-state index contributed by atoms with van der Waals surface area (Å²) in [6.07, 6.45) is 5.26. The maximum atomic E-state index is 13.2. The third-order valence-electron chi connectivity index (χ3n) is 8.02. The van der Waals surface area contributed by atoms with E-state index in [2.05, 4.69) is 9.80 Å². The highest BCUT2D eigenvalue weighted by Crippen LogP contribution is 2.44. The number of urea groups is 1. The number of hydrogen-bond acceptors (Lipinski definition) is 5. The van der Waals surface area contributed by atoms with Crippen molar-refractivity contribution in [3.05, 3.63) is 30.1 Å². The number of esters is 1. The summed E-state index contributed by atoms with van der Waals surface area (Å²) in [5, 5.41) is 0. The lowest BCUT2D eigenvalue weighted by atomic mass is 9.76. The third kappa shape index (κ3) is 4.81. The van der Waals surface area contributed by atoms with E-state index in [9.17, 15) is 14.0 Å². The fraction of sp³-hybridized carbons (Fsp3) is 0.680. The van der Waals surface area contributed by atoms with Crippen LogP contribution in [0.1, 0.15) is 38.5 Å². The van der Waals surface area contributed by atoms with Gasteiger partial charge in [0.2, 0.25) is 0 Å². The van der Waals surface area contributed by atoms with Gasteiger partial charge < -0.3 is 19.4 Å². The number of cyclic esters (lactones) is 1. The van der Waals surface area contributed by atoms with E-state index < -0.39 is 5.41 Å². The molecule has 5 rings (SSSR count). The second-order valence-electron chi connectivity index (χ2n) is 10.1. The Morgan fingerprint density at radius 2 is 1.58 bits per heavy atom. The molecule has 0 saturated carbocycles. The first-order valence-corrected chi connectivity index (χ1v) is 12.5. The summed E-state index contributed by atoms with van der Waals surface area (Å²) in [5.41, 5.74) is 0.672. The summed E-state index contributed by atoms with van der Waals surface area (Å²) in [7, 11) is 0. The van der Waals surface area contributed by atoms with Gasteiger partial charge in [-0.25, -0.2) is 9.18 Å². The molecule has 2 amide bonds. The molecule has 1 atom stereocenters. The average molecular weight is 459 g/mol. The van der Waals surface area contributed by atoms with Crippen molar-refractivity contribution in [1.82, 2.24) is 14.7 Å². The number of carbonyl (C=O) groups excluding carboxylic acids is 2. The maximum absolute atomic E-state index is 13.2. The highest BCUT2D eigenvalue weighted by molar-refractivity contribution is 5.80. The molecule has 4 heterocycles. The van der Waals surface area contributed by atoms with Crippen molar-refractivity contribution in [2.24, 2.45) is 5.41 Å². The van der Waals surface area contributed by atoms with Gasteiger partial charge in [0, 0.05) is 71.0 Å². The summed E-state index contributed by atoms with van der Waals surface area (Å²) < 4.78 is 19.0. The van der Waals surface area contributed by atoms with Gasteiger partial charge in [0.1, 0.15) is 11.9 Å². The van der Waals surface area contributed by atoms with Crippen LogP contribution in [-0.4, -0.2) is 91.7 Å². The van der Waals surface area contributed by atoms with Crippen LogP contribution in [-0.2, 0) is 9.53 Å². The van der Waals surface area contributed by atoms with Crippen LogP contribution in [0.2, 0.25) is 0 Å². The van der Waals surface area contributed by atoms with Gasteiger partial charge >= 0.3 is 12.0 Å². The minimum absolute atomic E-state index is 0.0199. The van der Waals surface area contributed by atoms with E-state index in [-0.39, 0.29) is 23.9 Å². The molecule has 1 aromatic carbocycles. The lowest BCUT2D eigenvalue weighted by Crippen LogP contribution is -2.49. The number of piperidine rings is 1. The summed E-state index contributed by atoms with van der Waals surface area (Å²) in [4.78, 5) is 34.0. The smallest absolute Gasteiger partial charge is 0.319 e. The molecule has 0 N–H and O–H groups in total. The molecule has 4 aliphatic heterocycles. The standard InChI is InChI=1S/C25H35FN4O3/c26-20-3-5-21(6-4-20)28-17-15-27(16-18-28)12-7-22-19-25(23(31)33-22)8-13-30(14-9-25)24(32)29-10-1-2-11-29/h3-6,22H,1-2,7-19H2. The molecular weight excluding hydrogens is 423 g/mol. The highest BCUT2D eigenvalue weighted by Gasteiger charge is 2.51. The van der Waals surface area contributed by atoms with Crippen LogP contribution in [0.3, 0.4) is 0 Å². The van der Waals surface area contributed by atoms with Crippen molar-refractivity contribution in [2.45, 2.75) is 44.6 Å². The lowest BCUT2D eigenvalue weighted by molar-refractivity contribution is -0.150. The average Bonchev–Trinajstić information content (AvgIpc) is 3.48. The van der Waals surface area contributed by atoms with Crippen LogP contribution < -0.4 is 4.90 Å². The summed E-state index contributed by atoms with van der Waals surface area (Å²) in [6.45, 7) is 7.71. The minimum Gasteiger partial charge on any atom is -0.462 e. The number of piperazine rings is 1. The van der Waals surface area contributed by atoms with Gasteiger partial charge in [-0.2, -0.15) is 0 Å². The van der Waals surface area contributed by atoms with E-state index in [4.69, 9.17) is 4.74 Å². The number of ether oxygens (including phenoxy) is 1. The number of amides is 2. The molecule has 4 aliphatic rings. The van der Waals surface area contributed by atoms with Crippen LogP contribution in [0.15, 0.2) is 24.3 Å². The van der Waals surface area contributed by atoms with E-state index in [1.807, 2.05) is 21.9 Å². The number of hydrogen-bond donors (Lipinski definition) is 0. The van der Waals surface area contributed by atoms with E-state index >= 15 is 0 Å². The van der Waals surface area contributed by atoms with Crippen molar-refractivity contribution in [2.75, 3.05) is 63.8 Å². The molecule has 1 unspecified atom stereocenters. The number of halogens is 1. The predicted octanol–water partition coefficient (Wildman–Crippen LogP) is 2.95. The molecule has 33 heavy (non-hydrogen) atoms. The largest absolute Gasteiger partial charge is 0.462 e. The Morgan fingerprint density at radius 3 is 2.24 bits per heavy atom. The molecule has 4 saturated heterocycles. The summed E-state index contributed by atoms with van der Waals surface area (Å²) >= 11 is 0. The summed E-state index contributed by atoms with van der Waals surface area (Å²) in [6, 6.07) is 6.85. The van der Waals surface area contributed by atoms with Gasteiger partial charge in [-0.05, 0) is 56.4 Å². The Balaban J connectivity index is 1.06. The van der Waals surface area contributed by atoms with Gasteiger partial charge in [-0.15, -0.1) is 0 Å². The summed E-state index contributed by atoms with van der Waals surface area (Å²) in [5.74, 6) is -0.257. The van der Waals surface area contributed by atoms with Crippen molar-refractivity contribution < 1.29 is 18.7 Å². The van der Waals surface area contributed by atoms with E-state index in [1.165, 1.54) is 12.1 Å². The zero-order chi connectivity index (χ0) is 22.8. The van der Waals surface area contributed by atoms with Crippen LogP contribution in [0.5, 0.6) is 0 Å². The van der Waals surface area contributed by atoms with Crippen molar-refractivity contribution in [1.29, 1.82) is 0 Å². The molecule has 1 aromatic rings. The number of benzene rings is 1. The fourth-order valence-electron chi connectivity index (χ4n) is 5.85. The Morgan fingerprint density at radius 1 is 0.939 bits per heavy atom. The van der Waals surface area contributed by atoms with Gasteiger partial charge in [0.25, 0.3) is 0 Å². The van der Waals surface area contributed by atoms with E-state index in [0.717, 1.165) is 90.0 Å². The molecule has 1 spiro atoms. The second-order valence-corrected chi connectivity index (χ2v) is 10.1. The highest BCUT2D eigenvalue weighted by atomic mass is 19.1. The van der Waals surface area contributed by atoms with E-state index in [1.54, 1.807) is 0 Å². The molecule has 0 bridgehead atoms. The van der Waals surface area contributed by atoms with Crippen LogP contribution in [0, 0.1) is 11.2 Å². The second kappa shape index (κ2) is 9.49. The Bertz CT molecular complexity index is 842. The number of nitrogens with zero attached hydrogens (tertiary/aromatic N) is 4. The molecule has 7 nitrogen and oxygen atoms in total. The van der Waals surface area contributed by atoms with Gasteiger partial charge in [-0.3, -0.25) is 9.69 Å². The Kier molecular flexibility index (Phi) is 6.45. The molecule has 180 valence electrons. The number of rotatable bonds is 4. The van der Waals surface area contributed by atoms with Crippen LogP contribution in [0.25, 0.3) is 0 Å². The first kappa shape index (κ1) is 22.4. The Labute approximate surface area is 195 Å². The zero-order valence-electron chi connectivity index (χ0n) is 19.4. The van der Waals surface area contributed by atoms with E-state index in [0.29, 0.717) is 13.1 Å². The zero-order valence-corrected chi connectivity index (χ0v) is 19.4. The van der Waals surface area contributed by atoms with Gasteiger partial charge in [-0.1, -0.05) is 0 Å². The number of likely N-dealkylation sites (tertiary alicyclic amines) is 2. The van der Waals surface area contributed by atoms with Crippen molar-refractivity contribution in [3.8, 4) is 0 Å². The number of anilines is 1. The number of carbonyl (C=O) groups is 2. The maximum Gasteiger partial charge on any atom is 0.319 e. The topological polar surface area (TPSA) is 56.3 Å². The molecule has 4 fully saturated rings. The monoisotopic (exact) mass is 458 g/mol. The first-order chi connectivity index (χ1) is 16.0. The first-order valence-electron chi connectivity index (χ1n) is 12.5.